The summed E-state index contributed by atoms with van der Waals surface area (Å²) in [5.74, 6) is -0.271. The minimum absolute atomic E-state index is 0.158. The summed E-state index contributed by atoms with van der Waals surface area (Å²) in [5, 5.41) is 1.85. The van der Waals surface area contributed by atoms with Crippen LogP contribution in [0, 0.1) is 0 Å². The lowest BCUT2D eigenvalue weighted by Gasteiger charge is -2.07. The molecule has 0 radical (unpaired) electrons. The number of carbonyl (C=O) groups is 1. The maximum atomic E-state index is 11.4. The summed E-state index contributed by atoms with van der Waals surface area (Å²) in [4.78, 5) is 16.8. The molecular weight excluding hydrogens is 190 g/mol. The maximum absolute atomic E-state index is 11.4. The molecule has 1 aliphatic heterocycles. The van der Waals surface area contributed by atoms with E-state index in [1.165, 1.54) is 11.3 Å². The highest BCUT2D eigenvalue weighted by atomic mass is 32.1. The Morgan fingerprint density at radius 3 is 3.31 bits per heavy atom. The Labute approximate surface area is 79.4 Å². The van der Waals surface area contributed by atoms with Crippen molar-refractivity contribution >= 4 is 17.3 Å². The quantitative estimate of drug-likeness (QED) is 0.716. The summed E-state index contributed by atoms with van der Waals surface area (Å²) in [5.41, 5.74) is 2.65. The second-order valence-corrected chi connectivity index (χ2v) is 3.61. The molecule has 0 saturated carbocycles. The van der Waals surface area contributed by atoms with Gasteiger partial charge in [0.1, 0.15) is 17.6 Å². The SMILES string of the molecule is O=C(O[C@H]1CNOC1)c1cccs1. The molecule has 0 spiro atoms. The van der Waals surface area contributed by atoms with E-state index in [2.05, 4.69) is 5.48 Å². The lowest BCUT2D eigenvalue weighted by molar-refractivity contribution is 0.0259. The van der Waals surface area contributed by atoms with Gasteiger partial charge in [0, 0.05) is 0 Å². The number of hydroxylamine groups is 1. The summed E-state index contributed by atoms with van der Waals surface area (Å²) in [6, 6.07) is 3.57. The smallest absolute Gasteiger partial charge is 0.348 e. The van der Waals surface area contributed by atoms with E-state index < -0.39 is 0 Å². The van der Waals surface area contributed by atoms with Gasteiger partial charge in [-0.2, -0.15) is 5.48 Å². The van der Waals surface area contributed by atoms with Crippen LogP contribution in [0.3, 0.4) is 0 Å². The van der Waals surface area contributed by atoms with Gasteiger partial charge in [0.15, 0.2) is 0 Å². The Bertz CT molecular complexity index is 280. The van der Waals surface area contributed by atoms with Gasteiger partial charge in [0.2, 0.25) is 0 Å². The molecule has 0 amide bonds. The van der Waals surface area contributed by atoms with Gasteiger partial charge in [-0.15, -0.1) is 11.3 Å². The Morgan fingerprint density at radius 1 is 1.77 bits per heavy atom. The molecule has 1 aliphatic rings. The fourth-order valence-corrected chi connectivity index (χ4v) is 1.65. The van der Waals surface area contributed by atoms with Gasteiger partial charge in [0.05, 0.1) is 6.54 Å². The van der Waals surface area contributed by atoms with Gasteiger partial charge in [-0.25, -0.2) is 4.79 Å². The van der Waals surface area contributed by atoms with Crippen molar-refractivity contribution in [2.45, 2.75) is 6.10 Å². The Kier molecular flexibility index (Phi) is 2.58. The fraction of sp³-hybridized carbons (Fsp3) is 0.375. The number of rotatable bonds is 2. The van der Waals surface area contributed by atoms with Crippen molar-refractivity contribution in [3.8, 4) is 0 Å². The average Bonchev–Trinajstić information content (AvgIpc) is 2.74. The van der Waals surface area contributed by atoms with Crippen LogP contribution in [0.1, 0.15) is 9.67 Å². The molecule has 4 nitrogen and oxygen atoms in total. The zero-order chi connectivity index (χ0) is 9.10. The van der Waals surface area contributed by atoms with Crippen LogP contribution >= 0.6 is 11.3 Å². The molecule has 0 unspecified atom stereocenters. The molecule has 0 bridgehead atoms. The number of esters is 1. The maximum Gasteiger partial charge on any atom is 0.348 e. The lowest BCUT2D eigenvalue weighted by atomic mass is 10.4. The first-order chi connectivity index (χ1) is 6.36. The predicted molar refractivity (Wildman–Crippen MR) is 47.5 cm³/mol. The number of nitrogens with one attached hydrogen (secondary N) is 1. The van der Waals surface area contributed by atoms with Crippen molar-refractivity contribution < 1.29 is 14.4 Å². The summed E-state index contributed by atoms with van der Waals surface area (Å²) in [6.45, 7) is 0.994. The molecule has 2 rings (SSSR count). The van der Waals surface area contributed by atoms with Crippen molar-refractivity contribution in [1.29, 1.82) is 0 Å². The predicted octanol–water partition coefficient (Wildman–Crippen LogP) is 0.808. The van der Waals surface area contributed by atoms with E-state index >= 15 is 0 Å². The number of hydrogen-bond donors (Lipinski definition) is 1. The molecule has 13 heavy (non-hydrogen) atoms. The van der Waals surface area contributed by atoms with E-state index in [1.54, 1.807) is 6.07 Å². The van der Waals surface area contributed by atoms with Crippen molar-refractivity contribution in [1.82, 2.24) is 5.48 Å². The molecule has 5 heteroatoms. The van der Waals surface area contributed by atoms with Gasteiger partial charge in [-0.1, -0.05) is 6.07 Å². The minimum atomic E-state index is -0.271. The third kappa shape index (κ3) is 2.06. The molecule has 70 valence electrons. The molecular formula is C8H9NO3S. The topological polar surface area (TPSA) is 47.6 Å². The first-order valence-corrected chi connectivity index (χ1v) is 4.83. The van der Waals surface area contributed by atoms with Gasteiger partial charge in [0.25, 0.3) is 0 Å². The Morgan fingerprint density at radius 2 is 2.69 bits per heavy atom. The first-order valence-electron chi connectivity index (χ1n) is 3.95. The summed E-state index contributed by atoms with van der Waals surface area (Å²) in [6.07, 6.45) is -0.158. The van der Waals surface area contributed by atoms with Crippen molar-refractivity contribution in [2.75, 3.05) is 13.2 Å². The van der Waals surface area contributed by atoms with Crippen molar-refractivity contribution in [3.63, 3.8) is 0 Å². The van der Waals surface area contributed by atoms with E-state index in [-0.39, 0.29) is 12.1 Å². The third-order valence-electron chi connectivity index (χ3n) is 1.68. The average molecular weight is 199 g/mol. The highest BCUT2D eigenvalue weighted by Gasteiger charge is 2.20. The van der Waals surface area contributed by atoms with Gasteiger partial charge in [-0.05, 0) is 11.4 Å². The van der Waals surface area contributed by atoms with E-state index in [1.807, 2.05) is 11.4 Å². The zero-order valence-electron chi connectivity index (χ0n) is 6.86. The number of hydrogen-bond acceptors (Lipinski definition) is 5. The van der Waals surface area contributed by atoms with Crippen LogP contribution < -0.4 is 5.48 Å². The van der Waals surface area contributed by atoms with Crippen LogP contribution in [-0.4, -0.2) is 25.2 Å². The largest absolute Gasteiger partial charge is 0.454 e. The van der Waals surface area contributed by atoms with Crippen LogP contribution in [0.5, 0.6) is 0 Å². The summed E-state index contributed by atoms with van der Waals surface area (Å²) < 4.78 is 5.14. The van der Waals surface area contributed by atoms with E-state index in [4.69, 9.17) is 9.57 Å². The second-order valence-electron chi connectivity index (χ2n) is 2.66. The zero-order valence-corrected chi connectivity index (χ0v) is 7.67. The third-order valence-corrected chi connectivity index (χ3v) is 2.53. The van der Waals surface area contributed by atoms with Gasteiger partial charge >= 0.3 is 5.97 Å². The Balaban J connectivity index is 1.91. The first kappa shape index (κ1) is 8.68. The molecule has 1 atom stereocenters. The number of thiophene rings is 1. The minimum Gasteiger partial charge on any atom is -0.454 e. The van der Waals surface area contributed by atoms with Crippen LogP contribution in [0.2, 0.25) is 0 Å². The van der Waals surface area contributed by atoms with Gasteiger partial charge < -0.3 is 4.74 Å². The lowest BCUT2D eigenvalue weighted by Crippen LogP contribution is -2.22. The summed E-state index contributed by atoms with van der Waals surface area (Å²) in [7, 11) is 0. The molecule has 1 saturated heterocycles. The summed E-state index contributed by atoms with van der Waals surface area (Å²) >= 11 is 1.38. The molecule has 2 heterocycles. The highest BCUT2D eigenvalue weighted by molar-refractivity contribution is 7.11. The van der Waals surface area contributed by atoms with Crippen LogP contribution in [0.4, 0.5) is 0 Å². The standard InChI is InChI=1S/C8H9NO3S/c10-8(7-2-1-3-13-7)12-6-4-9-11-5-6/h1-3,6,9H,4-5H2/t6-/m0/s1. The normalized spacial score (nSPS) is 21.7. The number of carbonyl (C=O) groups excluding carboxylic acids is 1. The monoisotopic (exact) mass is 199 g/mol. The van der Waals surface area contributed by atoms with Crippen LogP contribution in [-0.2, 0) is 9.57 Å². The number of ether oxygens (including phenoxy) is 1. The van der Waals surface area contributed by atoms with Crippen molar-refractivity contribution in [3.05, 3.63) is 22.4 Å². The Hall–Kier alpha value is -0.910. The molecule has 1 fully saturated rings. The van der Waals surface area contributed by atoms with E-state index in [9.17, 15) is 4.79 Å². The molecule has 1 aromatic rings. The van der Waals surface area contributed by atoms with E-state index in [0.29, 0.717) is 18.0 Å². The second kappa shape index (κ2) is 3.87. The fourth-order valence-electron chi connectivity index (χ4n) is 1.04. The highest BCUT2D eigenvalue weighted by Crippen LogP contribution is 2.11. The van der Waals surface area contributed by atoms with E-state index in [0.717, 1.165) is 0 Å². The molecule has 1 N–H and O–H groups in total. The molecule has 0 aromatic carbocycles. The molecule has 1 aromatic heterocycles. The van der Waals surface area contributed by atoms with Crippen LogP contribution in [0.25, 0.3) is 0 Å². The van der Waals surface area contributed by atoms with Crippen LogP contribution in [0.15, 0.2) is 17.5 Å². The molecule has 0 aliphatic carbocycles. The van der Waals surface area contributed by atoms with Crippen molar-refractivity contribution in [2.24, 2.45) is 0 Å². The van der Waals surface area contributed by atoms with Gasteiger partial charge in [-0.3, -0.25) is 4.84 Å².